The first-order chi connectivity index (χ1) is 12.1. The molecule has 0 aliphatic carbocycles. The lowest BCUT2D eigenvalue weighted by Crippen LogP contribution is -2.38. The third-order valence-electron chi connectivity index (χ3n) is 4.32. The van der Waals surface area contributed by atoms with Gasteiger partial charge < -0.3 is 10.1 Å². The van der Waals surface area contributed by atoms with E-state index in [1.165, 1.54) is 0 Å². The summed E-state index contributed by atoms with van der Waals surface area (Å²) in [6.07, 6.45) is 0. The van der Waals surface area contributed by atoms with Gasteiger partial charge in [-0.05, 0) is 36.9 Å². The first-order valence-corrected chi connectivity index (χ1v) is 8.89. The van der Waals surface area contributed by atoms with Crippen LogP contribution in [0.25, 0.3) is 0 Å². The van der Waals surface area contributed by atoms with E-state index < -0.39 is 0 Å². The van der Waals surface area contributed by atoms with E-state index in [9.17, 15) is 4.79 Å². The summed E-state index contributed by atoms with van der Waals surface area (Å²) in [6.45, 7) is 6.43. The van der Waals surface area contributed by atoms with E-state index in [0.29, 0.717) is 22.9 Å². The maximum absolute atomic E-state index is 12.6. The molecule has 0 aromatic heterocycles. The highest BCUT2D eigenvalue weighted by molar-refractivity contribution is 6.31. The first-order valence-electron chi connectivity index (χ1n) is 8.52. The van der Waals surface area contributed by atoms with Gasteiger partial charge >= 0.3 is 0 Å². The van der Waals surface area contributed by atoms with Crippen LogP contribution in [0.3, 0.4) is 0 Å². The zero-order valence-electron chi connectivity index (χ0n) is 15.0. The molecule has 0 saturated carbocycles. The summed E-state index contributed by atoms with van der Waals surface area (Å²) < 4.78 is 5.27. The van der Waals surface area contributed by atoms with Crippen molar-refractivity contribution >= 4 is 17.5 Å². The number of amides is 1. The molecule has 0 saturated heterocycles. The minimum Gasteiger partial charge on any atom is -0.496 e. The van der Waals surface area contributed by atoms with Gasteiger partial charge in [0.1, 0.15) is 5.75 Å². The molecule has 25 heavy (non-hydrogen) atoms. The van der Waals surface area contributed by atoms with E-state index in [4.69, 9.17) is 16.3 Å². The van der Waals surface area contributed by atoms with Crippen LogP contribution in [0.2, 0.25) is 5.02 Å². The maximum Gasteiger partial charge on any atom is 0.255 e. The van der Waals surface area contributed by atoms with E-state index in [0.717, 1.165) is 18.7 Å². The summed E-state index contributed by atoms with van der Waals surface area (Å²) in [5, 5.41) is 3.74. The fourth-order valence-corrected chi connectivity index (χ4v) is 3.22. The summed E-state index contributed by atoms with van der Waals surface area (Å²) in [6, 6.07) is 15.0. The molecule has 5 heteroatoms. The van der Waals surface area contributed by atoms with Gasteiger partial charge in [-0.3, -0.25) is 9.69 Å². The standard InChI is InChI=1S/C20H25ClN2O2/c1-4-23(5-2)18(15-10-6-8-12-17(15)21)14-22-20(24)16-11-7-9-13-19(16)25-3/h6-13,18H,4-5,14H2,1-3H3,(H,22,24)/t18-/m0/s1. The Morgan fingerprint density at radius 1 is 1.12 bits per heavy atom. The molecule has 0 aliphatic rings. The fraction of sp³-hybridized carbons (Fsp3) is 0.350. The highest BCUT2D eigenvalue weighted by atomic mass is 35.5. The highest BCUT2D eigenvalue weighted by Gasteiger charge is 2.22. The average Bonchev–Trinajstić information content (AvgIpc) is 2.65. The van der Waals surface area contributed by atoms with Gasteiger partial charge in [-0.25, -0.2) is 0 Å². The second kappa shape index (κ2) is 9.44. The third kappa shape index (κ3) is 4.74. The molecule has 0 bridgehead atoms. The minimum atomic E-state index is -0.151. The normalized spacial score (nSPS) is 12.0. The van der Waals surface area contributed by atoms with Crippen LogP contribution in [-0.2, 0) is 0 Å². The molecular weight excluding hydrogens is 336 g/mol. The maximum atomic E-state index is 12.6. The van der Waals surface area contributed by atoms with Gasteiger partial charge in [0.2, 0.25) is 0 Å². The Labute approximate surface area is 154 Å². The second-order valence-corrected chi connectivity index (χ2v) is 6.08. The summed E-state index contributed by atoms with van der Waals surface area (Å²) in [5.74, 6) is 0.416. The van der Waals surface area contributed by atoms with Gasteiger partial charge in [0.05, 0.1) is 18.7 Å². The number of benzene rings is 2. The van der Waals surface area contributed by atoms with Crippen molar-refractivity contribution in [2.24, 2.45) is 0 Å². The second-order valence-electron chi connectivity index (χ2n) is 5.67. The molecule has 2 aromatic carbocycles. The molecule has 4 nitrogen and oxygen atoms in total. The van der Waals surface area contributed by atoms with Crippen molar-refractivity contribution in [3.63, 3.8) is 0 Å². The predicted molar refractivity (Wildman–Crippen MR) is 102 cm³/mol. The number of ether oxygens (including phenoxy) is 1. The molecule has 1 amide bonds. The Morgan fingerprint density at radius 3 is 2.40 bits per heavy atom. The number of likely N-dealkylation sites (N-methyl/N-ethyl adjacent to an activating group) is 1. The van der Waals surface area contributed by atoms with Crippen molar-refractivity contribution in [2.45, 2.75) is 19.9 Å². The summed E-state index contributed by atoms with van der Waals surface area (Å²) in [4.78, 5) is 14.9. The van der Waals surface area contributed by atoms with E-state index in [1.54, 1.807) is 19.2 Å². The van der Waals surface area contributed by atoms with Gasteiger partial charge in [-0.2, -0.15) is 0 Å². The minimum absolute atomic E-state index is 0.0161. The Kier molecular flexibility index (Phi) is 7.29. The monoisotopic (exact) mass is 360 g/mol. The van der Waals surface area contributed by atoms with Crippen LogP contribution < -0.4 is 10.1 Å². The Hall–Kier alpha value is -2.04. The molecule has 1 N–H and O–H groups in total. The number of methoxy groups -OCH3 is 1. The van der Waals surface area contributed by atoms with Crippen molar-refractivity contribution < 1.29 is 9.53 Å². The van der Waals surface area contributed by atoms with Crippen LogP contribution in [0.1, 0.15) is 35.8 Å². The van der Waals surface area contributed by atoms with Gasteiger partial charge in [0.15, 0.2) is 0 Å². The van der Waals surface area contributed by atoms with Crippen molar-refractivity contribution in [1.82, 2.24) is 10.2 Å². The quantitative estimate of drug-likeness (QED) is 0.768. The lowest BCUT2D eigenvalue weighted by Gasteiger charge is -2.31. The molecule has 1 atom stereocenters. The largest absolute Gasteiger partial charge is 0.496 e. The van der Waals surface area contributed by atoms with Crippen molar-refractivity contribution in [2.75, 3.05) is 26.7 Å². The molecule has 134 valence electrons. The molecule has 0 spiro atoms. The van der Waals surface area contributed by atoms with E-state index in [2.05, 4.69) is 24.1 Å². The van der Waals surface area contributed by atoms with Gasteiger partial charge in [0.25, 0.3) is 5.91 Å². The third-order valence-corrected chi connectivity index (χ3v) is 4.67. The van der Waals surface area contributed by atoms with Gasteiger partial charge in [0, 0.05) is 11.6 Å². The lowest BCUT2D eigenvalue weighted by atomic mass is 10.0. The Morgan fingerprint density at radius 2 is 1.76 bits per heavy atom. The van der Waals surface area contributed by atoms with Crippen LogP contribution in [0, 0.1) is 0 Å². The van der Waals surface area contributed by atoms with E-state index >= 15 is 0 Å². The van der Waals surface area contributed by atoms with E-state index in [-0.39, 0.29) is 11.9 Å². The topological polar surface area (TPSA) is 41.6 Å². The fourth-order valence-electron chi connectivity index (χ4n) is 2.96. The predicted octanol–water partition coefficient (Wildman–Crippen LogP) is 4.16. The van der Waals surface area contributed by atoms with Crippen molar-refractivity contribution in [1.29, 1.82) is 0 Å². The van der Waals surface area contributed by atoms with Crippen LogP contribution in [0.4, 0.5) is 0 Å². The molecule has 2 rings (SSSR count). The molecule has 0 aliphatic heterocycles. The smallest absolute Gasteiger partial charge is 0.255 e. The van der Waals surface area contributed by atoms with Gasteiger partial charge in [-0.1, -0.05) is 55.8 Å². The summed E-state index contributed by atoms with van der Waals surface area (Å²) >= 11 is 6.40. The molecule has 0 heterocycles. The zero-order chi connectivity index (χ0) is 18.2. The number of nitrogens with zero attached hydrogens (tertiary/aromatic N) is 1. The SMILES string of the molecule is CCN(CC)[C@@H](CNC(=O)c1ccccc1OC)c1ccccc1Cl. The van der Waals surface area contributed by atoms with Crippen LogP contribution in [0.15, 0.2) is 48.5 Å². The van der Waals surface area contributed by atoms with Crippen LogP contribution in [-0.4, -0.2) is 37.6 Å². The number of carbonyl (C=O) groups is 1. The van der Waals surface area contributed by atoms with Crippen LogP contribution in [0.5, 0.6) is 5.75 Å². The number of carbonyl (C=O) groups excluding carboxylic acids is 1. The number of halogens is 1. The number of rotatable bonds is 8. The van der Waals surface area contributed by atoms with E-state index in [1.807, 2.05) is 36.4 Å². The molecule has 2 aromatic rings. The number of nitrogens with one attached hydrogen (secondary N) is 1. The zero-order valence-corrected chi connectivity index (χ0v) is 15.7. The number of hydrogen-bond donors (Lipinski definition) is 1. The molecule has 0 unspecified atom stereocenters. The van der Waals surface area contributed by atoms with Crippen molar-refractivity contribution in [3.8, 4) is 5.75 Å². The van der Waals surface area contributed by atoms with Crippen LogP contribution >= 0.6 is 11.6 Å². The molecular formula is C20H25ClN2O2. The first kappa shape index (κ1) is 19.3. The average molecular weight is 361 g/mol. The Bertz CT molecular complexity index is 702. The number of para-hydroxylation sites is 1. The summed E-state index contributed by atoms with van der Waals surface area (Å²) in [7, 11) is 1.56. The van der Waals surface area contributed by atoms with Crippen molar-refractivity contribution in [3.05, 3.63) is 64.7 Å². The summed E-state index contributed by atoms with van der Waals surface area (Å²) in [5.41, 5.74) is 1.55. The highest BCUT2D eigenvalue weighted by Crippen LogP contribution is 2.27. The molecule has 0 fully saturated rings. The number of hydrogen-bond acceptors (Lipinski definition) is 3. The molecule has 0 radical (unpaired) electrons. The lowest BCUT2D eigenvalue weighted by molar-refractivity contribution is 0.0932. The van der Waals surface area contributed by atoms with Gasteiger partial charge in [-0.15, -0.1) is 0 Å². The Balaban J connectivity index is 2.20.